The Morgan fingerprint density at radius 3 is 2.82 bits per heavy atom. The number of rotatable bonds is 4. The quantitative estimate of drug-likeness (QED) is 0.672. The van der Waals surface area contributed by atoms with E-state index in [0.717, 1.165) is 27.3 Å². The highest BCUT2D eigenvalue weighted by molar-refractivity contribution is 14.1. The largest absolute Gasteiger partial charge is 0.477 e. The number of nitrogens with zero attached hydrogens (tertiary/aromatic N) is 2. The van der Waals surface area contributed by atoms with Crippen molar-refractivity contribution in [3.05, 3.63) is 16.1 Å². The van der Waals surface area contributed by atoms with Crippen LogP contribution in [-0.2, 0) is 0 Å². The van der Waals surface area contributed by atoms with Crippen molar-refractivity contribution in [1.29, 1.82) is 0 Å². The number of nitrogens with one attached hydrogen (secondary N) is 1. The summed E-state index contributed by atoms with van der Waals surface area (Å²) < 4.78 is 6.89. The number of halogens is 1. The topological polar surface area (TPSA) is 50.8 Å². The lowest BCUT2D eigenvalue weighted by atomic mass is 10.4. The molecule has 0 radical (unpaired) electrons. The van der Waals surface area contributed by atoms with Gasteiger partial charge in [0, 0.05) is 17.8 Å². The highest BCUT2D eigenvalue weighted by Crippen LogP contribution is 2.26. The molecule has 0 bridgehead atoms. The Morgan fingerprint density at radius 2 is 2.12 bits per heavy atom. The highest BCUT2D eigenvalue weighted by atomic mass is 127. The number of H-pyrrole nitrogens is 1. The predicted molar refractivity (Wildman–Crippen MR) is 80.3 cm³/mol. The number of fused-ring (bicyclic) bond motifs is 1. The lowest BCUT2D eigenvalue weighted by Gasteiger charge is -2.15. The minimum absolute atomic E-state index is 0.693. The molecule has 17 heavy (non-hydrogen) atoms. The minimum atomic E-state index is -1.05. The highest BCUT2D eigenvalue weighted by Gasteiger charge is 2.14. The number of aromatic nitrogens is 3. The van der Waals surface area contributed by atoms with E-state index >= 15 is 0 Å². The molecule has 0 spiro atoms. The van der Waals surface area contributed by atoms with Crippen molar-refractivity contribution >= 4 is 41.7 Å². The maximum Gasteiger partial charge on any atom is 0.227 e. The summed E-state index contributed by atoms with van der Waals surface area (Å²) in [6.07, 6.45) is 3.46. The average Bonchev–Trinajstić information content (AvgIpc) is 2.60. The monoisotopic (exact) mass is 361 g/mol. The van der Waals surface area contributed by atoms with E-state index < -0.39 is 8.07 Å². The minimum Gasteiger partial charge on any atom is -0.477 e. The molecule has 2 heterocycles. The summed E-state index contributed by atoms with van der Waals surface area (Å²) in [5, 5.41) is 0.990. The molecule has 1 N–H and O–H groups in total. The molecule has 0 aliphatic rings. The van der Waals surface area contributed by atoms with E-state index in [9.17, 15) is 0 Å². The van der Waals surface area contributed by atoms with Gasteiger partial charge in [-0.25, -0.2) is 9.97 Å². The second-order valence-electron chi connectivity index (χ2n) is 5.20. The van der Waals surface area contributed by atoms with Crippen molar-refractivity contribution in [3.8, 4) is 5.88 Å². The Hall–Kier alpha value is -0.633. The lowest BCUT2D eigenvalue weighted by molar-refractivity contribution is 0.329. The van der Waals surface area contributed by atoms with Crippen LogP contribution < -0.4 is 4.74 Å². The Bertz CT molecular complexity index is 521. The Kier molecular flexibility index (Phi) is 3.72. The van der Waals surface area contributed by atoms with Crippen LogP contribution >= 0.6 is 22.6 Å². The van der Waals surface area contributed by atoms with E-state index in [-0.39, 0.29) is 0 Å². The normalized spacial score (nSPS) is 12.0. The van der Waals surface area contributed by atoms with Gasteiger partial charge in [-0.1, -0.05) is 19.6 Å². The molecule has 2 aromatic heterocycles. The van der Waals surface area contributed by atoms with Crippen LogP contribution in [0, 0.1) is 3.57 Å². The van der Waals surface area contributed by atoms with Crippen molar-refractivity contribution in [2.45, 2.75) is 25.7 Å². The van der Waals surface area contributed by atoms with Crippen LogP contribution in [0.3, 0.4) is 0 Å². The molecule has 0 saturated heterocycles. The van der Waals surface area contributed by atoms with Gasteiger partial charge in [0.15, 0.2) is 0 Å². The van der Waals surface area contributed by atoms with Gasteiger partial charge < -0.3 is 9.72 Å². The van der Waals surface area contributed by atoms with Gasteiger partial charge in [0.05, 0.1) is 12.0 Å². The summed E-state index contributed by atoms with van der Waals surface area (Å²) in [5.74, 6) is 0.693. The maximum atomic E-state index is 5.79. The van der Waals surface area contributed by atoms with Crippen molar-refractivity contribution in [2.24, 2.45) is 0 Å². The predicted octanol–water partition coefficient (Wildman–Crippen LogP) is 3.28. The van der Waals surface area contributed by atoms with Crippen LogP contribution in [0.15, 0.2) is 12.5 Å². The van der Waals surface area contributed by atoms with Crippen LogP contribution in [0.5, 0.6) is 5.88 Å². The van der Waals surface area contributed by atoms with Gasteiger partial charge in [0.2, 0.25) is 5.88 Å². The van der Waals surface area contributed by atoms with Crippen LogP contribution in [0.4, 0.5) is 0 Å². The molecular weight excluding hydrogens is 345 g/mol. The molecule has 4 nitrogen and oxygen atoms in total. The third-order valence-electron chi connectivity index (χ3n) is 2.48. The standard InChI is InChI=1S/C11H16IN3OSi/c1-17(2,3)5-4-16-11-9-8(12)6-13-10(9)14-7-15-11/h6-7H,4-5H2,1-3H3,(H,13,14,15). The van der Waals surface area contributed by atoms with Crippen LogP contribution in [0.25, 0.3) is 11.0 Å². The summed E-state index contributed by atoms with van der Waals surface area (Å²) >= 11 is 2.26. The Labute approximate surface area is 115 Å². The van der Waals surface area contributed by atoms with Gasteiger partial charge in [0.1, 0.15) is 12.0 Å². The SMILES string of the molecule is C[Si](C)(C)CCOc1ncnc2[nH]cc(I)c12. The van der Waals surface area contributed by atoms with E-state index in [4.69, 9.17) is 4.74 Å². The van der Waals surface area contributed by atoms with Crippen molar-refractivity contribution in [1.82, 2.24) is 15.0 Å². The van der Waals surface area contributed by atoms with Crippen molar-refractivity contribution in [2.75, 3.05) is 6.61 Å². The molecule has 0 saturated carbocycles. The van der Waals surface area contributed by atoms with E-state index in [2.05, 4.69) is 57.2 Å². The van der Waals surface area contributed by atoms with Gasteiger partial charge in [-0.05, 0) is 28.6 Å². The molecule has 92 valence electrons. The van der Waals surface area contributed by atoms with Crippen LogP contribution in [0.1, 0.15) is 0 Å². The maximum absolute atomic E-state index is 5.79. The zero-order chi connectivity index (χ0) is 12.5. The first-order valence-electron chi connectivity index (χ1n) is 5.58. The smallest absolute Gasteiger partial charge is 0.227 e. The van der Waals surface area contributed by atoms with E-state index in [1.54, 1.807) is 6.33 Å². The number of hydrogen-bond donors (Lipinski definition) is 1. The summed E-state index contributed by atoms with van der Waals surface area (Å²) in [6.45, 7) is 7.76. The molecule has 2 rings (SSSR count). The van der Waals surface area contributed by atoms with Gasteiger partial charge in [0.25, 0.3) is 0 Å². The summed E-state index contributed by atoms with van der Waals surface area (Å²) in [7, 11) is -1.05. The zero-order valence-electron chi connectivity index (χ0n) is 10.2. The lowest BCUT2D eigenvalue weighted by Crippen LogP contribution is -2.22. The molecule has 0 aliphatic heterocycles. The summed E-state index contributed by atoms with van der Waals surface area (Å²) in [6, 6.07) is 1.14. The van der Waals surface area contributed by atoms with E-state index in [1.807, 2.05) is 6.20 Å². The molecular formula is C11H16IN3OSi. The Morgan fingerprint density at radius 1 is 1.35 bits per heavy atom. The molecule has 0 fully saturated rings. The van der Waals surface area contributed by atoms with Crippen molar-refractivity contribution in [3.63, 3.8) is 0 Å². The number of hydrogen-bond acceptors (Lipinski definition) is 3. The summed E-state index contributed by atoms with van der Waals surface area (Å²) in [5.41, 5.74) is 0.840. The van der Waals surface area contributed by atoms with Gasteiger partial charge >= 0.3 is 0 Å². The Balaban J connectivity index is 2.16. The molecule has 0 aromatic carbocycles. The van der Waals surface area contributed by atoms with Gasteiger partial charge in [-0.2, -0.15) is 0 Å². The molecule has 6 heteroatoms. The fourth-order valence-corrected chi connectivity index (χ4v) is 2.82. The third kappa shape index (κ3) is 3.18. The van der Waals surface area contributed by atoms with Gasteiger partial charge in [-0.15, -0.1) is 0 Å². The van der Waals surface area contributed by atoms with Crippen LogP contribution in [0.2, 0.25) is 25.7 Å². The first kappa shape index (κ1) is 12.8. The van der Waals surface area contributed by atoms with E-state index in [1.165, 1.54) is 0 Å². The van der Waals surface area contributed by atoms with Crippen LogP contribution in [-0.4, -0.2) is 29.6 Å². The fraction of sp³-hybridized carbons (Fsp3) is 0.455. The average molecular weight is 361 g/mol. The third-order valence-corrected chi connectivity index (χ3v) is 5.03. The molecule has 0 amide bonds. The molecule has 0 atom stereocenters. The van der Waals surface area contributed by atoms with E-state index in [0.29, 0.717) is 5.88 Å². The first-order valence-corrected chi connectivity index (χ1v) is 10.4. The molecule has 2 aromatic rings. The number of aromatic amines is 1. The summed E-state index contributed by atoms with van der Waals surface area (Å²) in [4.78, 5) is 11.5. The molecule has 0 aliphatic carbocycles. The van der Waals surface area contributed by atoms with Crippen molar-refractivity contribution < 1.29 is 4.74 Å². The zero-order valence-corrected chi connectivity index (χ0v) is 13.4. The fourth-order valence-electron chi connectivity index (χ4n) is 1.46. The second-order valence-corrected chi connectivity index (χ2v) is 12.0. The number of ether oxygens (including phenoxy) is 1. The van der Waals surface area contributed by atoms with Gasteiger partial charge in [-0.3, -0.25) is 0 Å². The second kappa shape index (κ2) is 4.93. The molecule has 0 unspecified atom stereocenters. The first-order chi connectivity index (χ1) is 7.97.